The third kappa shape index (κ3) is 4.52. The molecule has 1 aliphatic heterocycles. The number of hydrogen-bond donors (Lipinski definition) is 0. The molecule has 1 fully saturated rings. The van der Waals surface area contributed by atoms with E-state index in [1.54, 1.807) is 7.11 Å². The molecule has 6 heteroatoms. The first-order valence-corrected chi connectivity index (χ1v) is 12.1. The molecule has 0 radical (unpaired) electrons. The molecule has 5 rings (SSSR count). The lowest BCUT2D eigenvalue weighted by Gasteiger charge is -2.35. The first-order chi connectivity index (χ1) is 15.3. The Morgan fingerprint density at radius 3 is 2.61 bits per heavy atom. The highest BCUT2D eigenvalue weighted by atomic mass is 32.1. The molecule has 0 spiro atoms. The fourth-order valence-electron chi connectivity index (χ4n) is 4.60. The van der Waals surface area contributed by atoms with Crippen LogP contribution in [0.15, 0.2) is 30.3 Å². The van der Waals surface area contributed by atoms with Crippen LogP contribution >= 0.6 is 11.3 Å². The molecule has 0 unspecified atom stereocenters. The second kappa shape index (κ2) is 9.47. The molecule has 1 saturated heterocycles. The maximum Gasteiger partial charge on any atom is 0.155 e. The number of ether oxygens (including phenoxy) is 1. The summed E-state index contributed by atoms with van der Waals surface area (Å²) < 4.78 is 5.26. The maximum atomic E-state index is 5.26. The van der Waals surface area contributed by atoms with Crippen LogP contribution in [0, 0.1) is 0 Å². The van der Waals surface area contributed by atoms with Crippen LogP contribution in [0.4, 0.5) is 5.82 Å². The average molecular weight is 435 g/mol. The van der Waals surface area contributed by atoms with E-state index in [0.717, 1.165) is 55.8 Å². The molecule has 0 N–H and O–H groups in total. The Morgan fingerprint density at radius 1 is 1.00 bits per heavy atom. The third-order valence-electron chi connectivity index (χ3n) is 6.32. The minimum atomic E-state index is 0.796. The van der Waals surface area contributed by atoms with E-state index in [1.807, 2.05) is 17.4 Å². The molecule has 3 aromatic rings. The van der Waals surface area contributed by atoms with Crippen LogP contribution in [-0.2, 0) is 17.6 Å². The maximum absolute atomic E-state index is 5.26. The van der Waals surface area contributed by atoms with Crippen LogP contribution in [0.3, 0.4) is 0 Å². The molecule has 2 aromatic heterocycles. The zero-order valence-corrected chi connectivity index (χ0v) is 19.0. The highest BCUT2D eigenvalue weighted by molar-refractivity contribution is 7.19. The molecular weight excluding hydrogens is 404 g/mol. The normalized spacial score (nSPS) is 17.5. The predicted molar refractivity (Wildman–Crippen MR) is 130 cm³/mol. The SMILES string of the molecule is COCCN1CCN(c2nc(/C=C/c3ccccc3)nc3sc4c(c23)CCCC4)CC1. The number of methoxy groups -OCH3 is 1. The Hall–Kier alpha value is -2.28. The molecule has 1 aromatic carbocycles. The van der Waals surface area contributed by atoms with E-state index in [9.17, 15) is 0 Å². The van der Waals surface area contributed by atoms with Gasteiger partial charge in [-0.15, -0.1) is 11.3 Å². The largest absolute Gasteiger partial charge is 0.383 e. The van der Waals surface area contributed by atoms with E-state index in [-0.39, 0.29) is 0 Å². The Bertz CT molecular complexity index is 1050. The van der Waals surface area contributed by atoms with E-state index in [4.69, 9.17) is 14.7 Å². The van der Waals surface area contributed by atoms with E-state index in [1.165, 1.54) is 47.1 Å². The van der Waals surface area contributed by atoms with Gasteiger partial charge in [-0.1, -0.05) is 36.4 Å². The summed E-state index contributed by atoms with van der Waals surface area (Å²) in [5.41, 5.74) is 2.69. The minimum Gasteiger partial charge on any atom is -0.383 e. The van der Waals surface area contributed by atoms with Crippen molar-refractivity contribution in [3.63, 3.8) is 0 Å². The molecule has 0 saturated carbocycles. The van der Waals surface area contributed by atoms with Crippen molar-refractivity contribution in [2.75, 3.05) is 51.3 Å². The number of aryl methyl sites for hydroxylation is 2. The topological polar surface area (TPSA) is 41.5 Å². The molecule has 0 bridgehead atoms. The van der Waals surface area contributed by atoms with Crippen LogP contribution in [0.25, 0.3) is 22.4 Å². The summed E-state index contributed by atoms with van der Waals surface area (Å²) in [5.74, 6) is 1.95. The monoisotopic (exact) mass is 434 g/mol. The zero-order valence-electron chi connectivity index (χ0n) is 18.2. The first-order valence-electron chi connectivity index (χ1n) is 11.3. The lowest BCUT2D eigenvalue weighted by atomic mass is 9.97. The lowest BCUT2D eigenvalue weighted by Crippen LogP contribution is -2.47. The second-order valence-electron chi connectivity index (χ2n) is 8.36. The van der Waals surface area contributed by atoms with Gasteiger partial charge in [0.05, 0.1) is 12.0 Å². The standard InChI is InChI=1S/C25H30N4OS/c1-30-18-17-28-13-15-29(16-14-28)24-23-20-9-5-6-10-21(20)31-25(23)27-22(26-24)12-11-19-7-3-2-4-8-19/h2-4,7-8,11-12H,5-6,9-10,13-18H2,1H3/b12-11+. The van der Waals surface area contributed by atoms with Crippen LogP contribution < -0.4 is 4.90 Å². The highest BCUT2D eigenvalue weighted by Gasteiger charge is 2.25. The summed E-state index contributed by atoms with van der Waals surface area (Å²) in [4.78, 5) is 17.7. The van der Waals surface area contributed by atoms with Gasteiger partial charge in [0.25, 0.3) is 0 Å². The minimum absolute atomic E-state index is 0.796. The molecule has 0 amide bonds. The van der Waals surface area contributed by atoms with Gasteiger partial charge in [-0.3, -0.25) is 4.90 Å². The van der Waals surface area contributed by atoms with E-state index in [2.05, 4.69) is 46.2 Å². The van der Waals surface area contributed by atoms with Gasteiger partial charge in [0.1, 0.15) is 10.6 Å². The van der Waals surface area contributed by atoms with Crippen LogP contribution in [0.1, 0.15) is 34.7 Å². The number of rotatable bonds is 6. The van der Waals surface area contributed by atoms with Crippen LogP contribution in [0.2, 0.25) is 0 Å². The number of thiophene rings is 1. The number of aromatic nitrogens is 2. The number of fused-ring (bicyclic) bond motifs is 3. The number of hydrogen-bond acceptors (Lipinski definition) is 6. The van der Waals surface area contributed by atoms with Crippen LogP contribution in [0.5, 0.6) is 0 Å². The zero-order chi connectivity index (χ0) is 21.0. The van der Waals surface area contributed by atoms with E-state index < -0.39 is 0 Å². The first kappa shape index (κ1) is 20.6. The quantitative estimate of drug-likeness (QED) is 0.571. The van der Waals surface area contributed by atoms with Gasteiger partial charge < -0.3 is 9.64 Å². The molecular formula is C25H30N4OS. The molecule has 31 heavy (non-hydrogen) atoms. The van der Waals surface area contributed by atoms with Gasteiger partial charge in [-0.2, -0.15) is 0 Å². The van der Waals surface area contributed by atoms with Gasteiger partial charge in [0, 0.05) is 44.7 Å². The fourth-order valence-corrected chi connectivity index (χ4v) is 5.86. The average Bonchev–Trinajstić information content (AvgIpc) is 3.20. The van der Waals surface area contributed by atoms with Gasteiger partial charge in [0.2, 0.25) is 0 Å². The Balaban J connectivity index is 1.49. The Morgan fingerprint density at radius 2 is 1.81 bits per heavy atom. The summed E-state index contributed by atoms with van der Waals surface area (Å²) in [5, 5.41) is 1.32. The van der Waals surface area contributed by atoms with Gasteiger partial charge in [-0.05, 0) is 42.9 Å². The summed E-state index contributed by atoms with van der Waals surface area (Å²) in [7, 11) is 1.78. The van der Waals surface area contributed by atoms with Crippen molar-refractivity contribution in [2.24, 2.45) is 0 Å². The van der Waals surface area contributed by atoms with E-state index >= 15 is 0 Å². The third-order valence-corrected chi connectivity index (χ3v) is 7.51. The Labute approximate surface area is 188 Å². The number of nitrogens with zero attached hydrogens (tertiary/aromatic N) is 4. The van der Waals surface area contributed by atoms with Crippen molar-refractivity contribution in [2.45, 2.75) is 25.7 Å². The summed E-state index contributed by atoms with van der Waals surface area (Å²) in [6.45, 7) is 5.91. The number of benzene rings is 1. The summed E-state index contributed by atoms with van der Waals surface area (Å²) in [6.07, 6.45) is 9.10. The van der Waals surface area contributed by atoms with Crippen molar-refractivity contribution in [3.05, 3.63) is 52.2 Å². The predicted octanol–water partition coefficient (Wildman–Crippen LogP) is 4.51. The number of anilines is 1. The van der Waals surface area contributed by atoms with Gasteiger partial charge in [-0.25, -0.2) is 9.97 Å². The van der Waals surface area contributed by atoms with Crippen molar-refractivity contribution in [1.82, 2.24) is 14.9 Å². The molecule has 162 valence electrons. The van der Waals surface area contributed by atoms with Gasteiger partial charge >= 0.3 is 0 Å². The highest BCUT2D eigenvalue weighted by Crippen LogP contribution is 2.40. The lowest BCUT2D eigenvalue weighted by molar-refractivity contribution is 0.144. The molecule has 1 aliphatic carbocycles. The molecule has 0 atom stereocenters. The fraction of sp³-hybridized carbons (Fsp3) is 0.440. The second-order valence-corrected chi connectivity index (χ2v) is 9.45. The molecule has 5 nitrogen and oxygen atoms in total. The summed E-state index contributed by atoms with van der Waals surface area (Å²) in [6, 6.07) is 10.4. The Kier molecular flexibility index (Phi) is 6.30. The van der Waals surface area contributed by atoms with E-state index in [0.29, 0.717) is 0 Å². The summed E-state index contributed by atoms with van der Waals surface area (Å²) >= 11 is 1.89. The van der Waals surface area contributed by atoms with Crippen molar-refractivity contribution >= 4 is 39.5 Å². The molecule has 2 aliphatic rings. The van der Waals surface area contributed by atoms with Gasteiger partial charge in [0.15, 0.2) is 5.82 Å². The smallest absolute Gasteiger partial charge is 0.155 e. The number of piperazine rings is 1. The molecule has 3 heterocycles. The van der Waals surface area contributed by atoms with Crippen molar-refractivity contribution in [1.29, 1.82) is 0 Å². The van der Waals surface area contributed by atoms with Crippen molar-refractivity contribution < 1.29 is 4.74 Å². The van der Waals surface area contributed by atoms with Crippen molar-refractivity contribution in [3.8, 4) is 0 Å². The van der Waals surface area contributed by atoms with Crippen LogP contribution in [-0.4, -0.2) is 61.3 Å².